The molecule has 3 nitrogen and oxygen atoms in total. The van der Waals surface area contributed by atoms with Gasteiger partial charge in [-0.15, -0.1) is 0 Å². The van der Waals surface area contributed by atoms with Crippen LogP contribution in [0.25, 0.3) is 0 Å². The second kappa shape index (κ2) is 2.70. The molecular formula is C6H6NO2S-. The SMILES string of the molecule is COc1ccn([O-])c(=S)c1. The normalized spacial score (nSPS) is 9.30. The first-order valence-corrected chi connectivity index (χ1v) is 3.09. The minimum Gasteiger partial charge on any atom is -0.805 e. The van der Waals surface area contributed by atoms with Crippen molar-refractivity contribution in [1.82, 2.24) is 4.73 Å². The first-order valence-electron chi connectivity index (χ1n) is 2.68. The zero-order chi connectivity index (χ0) is 7.56. The Morgan fingerprint density at radius 2 is 2.40 bits per heavy atom. The Balaban J connectivity index is 3.17. The predicted octanol–water partition coefficient (Wildman–Crippen LogP) is 1.57. The lowest BCUT2D eigenvalue weighted by atomic mass is 10.5. The molecule has 0 aliphatic rings. The van der Waals surface area contributed by atoms with Gasteiger partial charge in [0.25, 0.3) is 0 Å². The molecule has 0 aliphatic heterocycles. The van der Waals surface area contributed by atoms with Crippen LogP contribution in [0.2, 0.25) is 0 Å². The number of ether oxygens (including phenoxy) is 1. The van der Waals surface area contributed by atoms with Crippen molar-refractivity contribution in [2.75, 3.05) is 7.11 Å². The molecule has 10 heavy (non-hydrogen) atoms. The molecule has 4 heteroatoms. The van der Waals surface area contributed by atoms with Gasteiger partial charge in [-0.05, 0) is 6.07 Å². The third kappa shape index (κ3) is 1.27. The van der Waals surface area contributed by atoms with E-state index in [9.17, 15) is 5.21 Å². The van der Waals surface area contributed by atoms with Crippen LogP contribution in [0.5, 0.6) is 5.75 Å². The topological polar surface area (TPSA) is 37.2 Å². The average Bonchev–Trinajstić information content (AvgIpc) is 1.95. The summed E-state index contributed by atoms with van der Waals surface area (Å²) in [7, 11) is 1.53. The molecule has 0 unspecified atom stereocenters. The Labute approximate surface area is 63.4 Å². The zero-order valence-corrected chi connectivity index (χ0v) is 6.22. The molecule has 1 heterocycles. The predicted molar refractivity (Wildman–Crippen MR) is 40.6 cm³/mol. The summed E-state index contributed by atoms with van der Waals surface area (Å²) in [5, 5.41) is 10.6. The van der Waals surface area contributed by atoms with Gasteiger partial charge in [-0.3, -0.25) is 0 Å². The average molecular weight is 156 g/mol. The summed E-state index contributed by atoms with van der Waals surface area (Å²) in [4.78, 5) is 0. The van der Waals surface area contributed by atoms with E-state index in [1.165, 1.54) is 19.4 Å². The van der Waals surface area contributed by atoms with Crippen molar-refractivity contribution < 1.29 is 4.74 Å². The van der Waals surface area contributed by atoms with E-state index in [-0.39, 0.29) is 4.64 Å². The lowest BCUT2D eigenvalue weighted by molar-refractivity contribution is 0.413. The van der Waals surface area contributed by atoms with Crippen LogP contribution in [0.3, 0.4) is 0 Å². The monoisotopic (exact) mass is 156 g/mol. The van der Waals surface area contributed by atoms with E-state index in [2.05, 4.69) is 12.2 Å². The second-order valence-electron chi connectivity index (χ2n) is 1.73. The summed E-state index contributed by atoms with van der Waals surface area (Å²) in [6.07, 6.45) is 1.32. The highest BCUT2D eigenvalue weighted by atomic mass is 32.1. The van der Waals surface area contributed by atoms with Crippen LogP contribution >= 0.6 is 12.2 Å². The minimum atomic E-state index is 0.222. The Hall–Kier alpha value is -1.03. The highest BCUT2D eigenvalue weighted by Crippen LogP contribution is 2.08. The number of nitrogens with zero attached hydrogens (tertiary/aromatic N) is 1. The number of methoxy groups -OCH3 is 1. The van der Waals surface area contributed by atoms with Crippen molar-refractivity contribution in [1.29, 1.82) is 0 Å². The molecule has 0 saturated carbocycles. The van der Waals surface area contributed by atoms with Gasteiger partial charge in [0.2, 0.25) is 0 Å². The largest absolute Gasteiger partial charge is 0.805 e. The van der Waals surface area contributed by atoms with Gasteiger partial charge in [0.05, 0.1) is 7.11 Å². The smallest absolute Gasteiger partial charge is 0.123 e. The lowest BCUT2D eigenvalue weighted by Crippen LogP contribution is -1.90. The fourth-order valence-electron chi connectivity index (χ4n) is 0.575. The van der Waals surface area contributed by atoms with Crippen molar-refractivity contribution in [3.8, 4) is 5.75 Å². The molecule has 0 fully saturated rings. The van der Waals surface area contributed by atoms with Gasteiger partial charge < -0.3 is 14.7 Å². The molecular weight excluding hydrogens is 150 g/mol. The summed E-state index contributed by atoms with van der Waals surface area (Å²) in [5.41, 5.74) is 0. The number of pyridine rings is 1. The molecule has 0 N–H and O–H groups in total. The Bertz CT molecular complexity index is 281. The molecule has 1 rings (SSSR count). The molecule has 1 aromatic heterocycles. The van der Waals surface area contributed by atoms with Crippen LogP contribution in [0, 0.1) is 9.85 Å². The van der Waals surface area contributed by atoms with Crippen molar-refractivity contribution in [3.63, 3.8) is 0 Å². The van der Waals surface area contributed by atoms with Gasteiger partial charge in [-0.25, -0.2) is 0 Å². The molecule has 0 bridgehead atoms. The van der Waals surface area contributed by atoms with E-state index in [0.29, 0.717) is 10.5 Å². The van der Waals surface area contributed by atoms with Crippen molar-refractivity contribution in [3.05, 3.63) is 28.2 Å². The van der Waals surface area contributed by atoms with E-state index < -0.39 is 0 Å². The number of hydrogen-bond acceptors (Lipinski definition) is 3. The van der Waals surface area contributed by atoms with E-state index in [1.54, 1.807) is 6.07 Å². The zero-order valence-electron chi connectivity index (χ0n) is 5.40. The van der Waals surface area contributed by atoms with Gasteiger partial charge in [-0.2, -0.15) is 0 Å². The summed E-state index contributed by atoms with van der Waals surface area (Å²) in [6, 6.07) is 3.06. The minimum absolute atomic E-state index is 0.222. The molecule has 0 radical (unpaired) electrons. The second-order valence-corrected chi connectivity index (χ2v) is 2.15. The third-order valence-electron chi connectivity index (χ3n) is 1.09. The van der Waals surface area contributed by atoms with E-state index in [0.717, 1.165) is 0 Å². The molecule has 54 valence electrons. The maximum Gasteiger partial charge on any atom is 0.123 e. The van der Waals surface area contributed by atoms with Gasteiger partial charge in [0.1, 0.15) is 10.4 Å². The molecule has 0 amide bonds. The van der Waals surface area contributed by atoms with Crippen LogP contribution in [0.4, 0.5) is 0 Å². The highest BCUT2D eigenvalue weighted by Gasteiger charge is 1.86. The number of rotatable bonds is 1. The van der Waals surface area contributed by atoms with Gasteiger partial charge in [-0.1, -0.05) is 12.2 Å². The first kappa shape index (κ1) is 7.08. The lowest BCUT2D eigenvalue weighted by Gasteiger charge is -2.09. The summed E-state index contributed by atoms with van der Waals surface area (Å²) < 4.78 is 5.66. The Morgan fingerprint density at radius 1 is 1.70 bits per heavy atom. The maximum absolute atomic E-state index is 10.6. The van der Waals surface area contributed by atoms with Gasteiger partial charge >= 0.3 is 0 Å². The fraction of sp³-hybridized carbons (Fsp3) is 0.167. The first-order chi connectivity index (χ1) is 4.74. The van der Waals surface area contributed by atoms with Crippen LogP contribution in [0.1, 0.15) is 0 Å². The van der Waals surface area contributed by atoms with Crippen molar-refractivity contribution in [2.45, 2.75) is 0 Å². The standard InChI is InChI=1S/C6H6NO2S/c1-9-5-2-3-7(8)6(10)4-5/h2-4H,1H3/q-1. The molecule has 0 saturated heterocycles. The summed E-state index contributed by atoms with van der Waals surface area (Å²) in [5.74, 6) is 0.608. The maximum atomic E-state index is 10.6. The van der Waals surface area contributed by atoms with Gasteiger partial charge in [0.15, 0.2) is 0 Å². The summed E-state index contributed by atoms with van der Waals surface area (Å²) >= 11 is 4.68. The molecule has 1 aromatic rings. The van der Waals surface area contributed by atoms with Crippen LogP contribution in [-0.4, -0.2) is 11.8 Å². The van der Waals surface area contributed by atoms with E-state index >= 15 is 0 Å². The molecule has 0 aliphatic carbocycles. The van der Waals surface area contributed by atoms with E-state index in [1.807, 2.05) is 0 Å². The number of hydrogen-bond donors (Lipinski definition) is 0. The Kier molecular flexibility index (Phi) is 1.91. The van der Waals surface area contributed by atoms with Crippen LogP contribution in [-0.2, 0) is 0 Å². The van der Waals surface area contributed by atoms with Crippen molar-refractivity contribution >= 4 is 12.2 Å². The van der Waals surface area contributed by atoms with Crippen molar-refractivity contribution in [2.24, 2.45) is 0 Å². The fourth-order valence-corrected chi connectivity index (χ4v) is 0.752. The highest BCUT2D eigenvalue weighted by molar-refractivity contribution is 7.71. The molecule has 0 aromatic carbocycles. The number of aromatic nitrogens is 1. The van der Waals surface area contributed by atoms with Gasteiger partial charge in [0, 0.05) is 12.3 Å². The quantitative estimate of drug-likeness (QED) is 0.579. The third-order valence-corrected chi connectivity index (χ3v) is 1.39. The van der Waals surface area contributed by atoms with Crippen LogP contribution in [0.15, 0.2) is 18.3 Å². The van der Waals surface area contributed by atoms with E-state index in [4.69, 9.17) is 4.74 Å². The molecule has 0 spiro atoms. The molecule has 0 atom stereocenters. The Morgan fingerprint density at radius 3 is 2.90 bits per heavy atom. The summed E-state index contributed by atoms with van der Waals surface area (Å²) in [6.45, 7) is 0. The van der Waals surface area contributed by atoms with Crippen LogP contribution < -0.4 is 4.74 Å².